The Bertz CT molecular complexity index is 449. The molecule has 1 atom stereocenters. The molecule has 0 spiro atoms. The molecule has 0 aliphatic carbocycles. The first-order valence-corrected chi connectivity index (χ1v) is 6.33. The smallest absolute Gasteiger partial charge is 0.289 e. The van der Waals surface area contributed by atoms with Crippen LogP contribution in [0.2, 0.25) is 0 Å². The molecular weight excluding hydrogens is 312 g/mol. The van der Waals surface area contributed by atoms with Gasteiger partial charge >= 0.3 is 0 Å². The van der Waals surface area contributed by atoms with Gasteiger partial charge in [0, 0.05) is 32.2 Å². The van der Waals surface area contributed by atoms with Gasteiger partial charge in [-0.15, -0.1) is 12.4 Å². The van der Waals surface area contributed by atoms with Gasteiger partial charge in [0.1, 0.15) is 24.3 Å². The summed E-state index contributed by atoms with van der Waals surface area (Å²) < 4.78 is 54.5. The third kappa shape index (κ3) is 4.29. The number of hydrogen-bond donors (Lipinski definition) is 2. The van der Waals surface area contributed by atoms with Crippen molar-refractivity contribution in [1.29, 1.82) is 0 Å². The minimum Gasteiger partial charge on any atom is -0.390 e. The first-order chi connectivity index (χ1) is 9.44. The molecule has 1 aromatic rings. The number of hydrogen-bond acceptors (Lipinski definition) is 3. The third-order valence-electron chi connectivity index (χ3n) is 3.33. The van der Waals surface area contributed by atoms with E-state index in [4.69, 9.17) is 5.11 Å². The molecule has 0 unspecified atom stereocenters. The topological polar surface area (TPSA) is 35.5 Å². The molecule has 1 saturated heterocycles. The van der Waals surface area contributed by atoms with Crippen LogP contribution in [0, 0.1) is 11.6 Å². The fraction of sp³-hybridized carbons (Fsp3) is 0.538. The molecule has 0 saturated carbocycles. The van der Waals surface area contributed by atoms with E-state index in [0.717, 1.165) is 12.1 Å². The molecule has 1 fully saturated rings. The van der Waals surface area contributed by atoms with Gasteiger partial charge in [0.25, 0.3) is 5.92 Å². The average Bonchev–Trinajstić information content (AvgIpc) is 2.39. The SMILES string of the molecule is Cl.OCC(F)(F)[C@H](c1cc(F)cc(F)c1)N1CCNCC1. The maximum absolute atomic E-state index is 14.0. The summed E-state index contributed by atoms with van der Waals surface area (Å²) in [5, 5.41) is 11.9. The van der Waals surface area contributed by atoms with Gasteiger partial charge in [-0.25, -0.2) is 17.6 Å². The molecule has 0 radical (unpaired) electrons. The zero-order valence-corrected chi connectivity index (χ0v) is 12.0. The summed E-state index contributed by atoms with van der Waals surface area (Å²) in [6.07, 6.45) is 0. The number of halogens is 5. The number of piperazine rings is 1. The predicted octanol–water partition coefficient (Wildman–Crippen LogP) is 1.96. The number of aliphatic hydroxyl groups excluding tert-OH is 1. The highest BCUT2D eigenvalue weighted by atomic mass is 35.5. The Morgan fingerprint density at radius 1 is 1.14 bits per heavy atom. The Kier molecular flexibility index (Phi) is 6.40. The summed E-state index contributed by atoms with van der Waals surface area (Å²) in [5.41, 5.74) is -0.163. The molecule has 120 valence electrons. The number of nitrogens with one attached hydrogen (secondary N) is 1. The van der Waals surface area contributed by atoms with Crippen molar-refractivity contribution < 1.29 is 22.7 Å². The van der Waals surface area contributed by atoms with Crippen LogP contribution in [-0.2, 0) is 0 Å². The molecule has 0 aromatic heterocycles. The summed E-state index contributed by atoms with van der Waals surface area (Å²) in [5.74, 6) is -5.29. The molecule has 21 heavy (non-hydrogen) atoms. The normalized spacial score (nSPS) is 18.1. The van der Waals surface area contributed by atoms with E-state index < -0.39 is 30.2 Å². The summed E-state index contributed by atoms with van der Waals surface area (Å²) in [7, 11) is 0. The zero-order valence-electron chi connectivity index (χ0n) is 11.2. The minimum absolute atomic E-state index is 0. The van der Waals surface area contributed by atoms with Crippen LogP contribution in [0.15, 0.2) is 18.2 Å². The van der Waals surface area contributed by atoms with Crippen LogP contribution < -0.4 is 5.32 Å². The number of nitrogens with zero attached hydrogens (tertiary/aromatic N) is 1. The third-order valence-corrected chi connectivity index (χ3v) is 3.33. The molecule has 1 heterocycles. The van der Waals surface area contributed by atoms with Gasteiger partial charge in [0.2, 0.25) is 0 Å². The molecule has 3 nitrogen and oxygen atoms in total. The first kappa shape index (κ1) is 18.2. The maximum atomic E-state index is 14.0. The van der Waals surface area contributed by atoms with E-state index in [9.17, 15) is 17.6 Å². The van der Waals surface area contributed by atoms with Crippen molar-refractivity contribution in [3.63, 3.8) is 0 Å². The highest BCUT2D eigenvalue weighted by Crippen LogP contribution is 2.37. The lowest BCUT2D eigenvalue weighted by Crippen LogP contribution is -2.51. The monoisotopic (exact) mass is 328 g/mol. The van der Waals surface area contributed by atoms with Crippen molar-refractivity contribution in [2.24, 2.45) is 0 Å². The van der Waals surface area contributed by atoms with Crippen LogP contribution in [0.5, 0.6) is 0 Å². The number of aliphatic hydroxyl groups is 1. The highest BCUT2D eigenvalue weighted by molar-refractivity contribution is 5.85. The van der Waals surface area contributed by atoms with E-state index >= 15 is 0 Å². The van der Waals surface area contributed by atoms with Crippen molar-refractivity contribution in [3.8, 4) is 0 Å². The van der Waals surface area contributed by atoms with Crippen molar-refractivity contribution >= 4 is 12.4 Å². The van der Waals surface area contributed by atoms with Gasteiger partial charge < -0.3 is 10.4 Å². The molecule has 0 bridgehead atoms. The lowest BCUT2D eigenvalue weighted by Gasteiger charge is -2.38. The van der Waals surface area contributed by atoms with Gasteiger partial charge in [-0.05, 0) is 17.7 Å². The van der Waals surface area contributed by atoms with E-state index in [1.54, 1.807) is 0 Å². The maximum Gasteiger partial charge on any atom is 0.289 e. The molecule has 0 amide bonds. The van der Waals surface area contributed by atoms with Gasteiger partial charge in [0.05, 0.1) is 0 Å². The van der Waals surface area contributed by atoms with E-state index in [0.29, 0.717) is 32.2 Å². The lowest BCUT2D eigenvalue weighted by atomic mass is 9.98. The Balaban J connectivity index is 0.00000220. The number of alkyl halides is 2. The van der Waals surface area contributed by atoms with Crippen molar-refractivity contribution in [1.82, 2.24) is 10.2 Å². The van der Waals surface area contributed by atoms with Gasteiger partial charge in [-0.3, -0.25) is 4.90 Å². The molecule has 1 aromatic carbocycles. The fourth-order valence-electron chi connectivity index (χ4n) is 2.48. The average molecular weight is 329 g/mol. The first-order valence-electron chi connectivity index (χ1n) is 6.33. The lowest BCUT2D eigenvalue weighted by molar-refractivity contribution is -0.118. The van der Waals surface area contributed by atoms with Crippen molar-refractivity contribution in [2.45, 2.75) is 12.0 Å². The zero-order chi connectivity index (χ0) is 14.8. The summed E-state index contributed by atoms with van der Waals surface area (Å²) in [6, 6.07) is 0.869. The van der Waals surface area contributed by atoms with Crippen molar-refractivity contribution in [3.05, 3.63) is 35.4 Å². The van der Waals surface area contributed by atoms with Gasteiger partial charge in [0.15, 0.2) is 0 Å². The Labute approximate surface area is 126 Å². The number of benzene rings is 1. The predicted molar refractivity (Wildman–Crippen MR) is 72.8 cm³/mol. The van der Waals surface area contributed by atoms with Gasteiger partial charge in [-0.2, -0.15) is 0 Å². The van der Waals surface area contributed by atoms with E-state index in [-0.39, 0.29) is 18.0 Å². The van der Waals surface area contributed by atoms with Gasteiger partial charge in [-0.1, -0.05) is 0 Å². The highest BCUT2D eigenvalue weighted by Gasteiger charge is 2.44. The Morgan fingerprint density at radius 2 is 1.67 bits per heavy atom. The Hall–Kier alpha value is -0.890. The standard InChI is InChI=1S/C13H16F4N2O.ClH/c14-10-5-9(6-11(15)7-10)12(13(16,17)8-20)19-3-1-18-2-4-19;/h5-7,12,18,20H,1-4,8H2;1H/t12-;/m0./s1. The quantitative estimate of drug-likeness (QED) is 0.830. The minimum atomic E-state index is -3.47. The molecule has 2 rings (SSSR count). The van der Waals surface area contributed by atoms with Crippen molar-refractivity contribution in [2.75, 3.05) is 32.8 Å². The summed E-state index contributed by atoms with van der Waals surface area (Å²) in [4.78, 5) is 1.43. The number of rotatable bonds is 4. The van der Waals surface area contributed by atoms with Crippen LogP contribution in [0.3, 0.4) is 0 Å². The van der Waals surface area contributed by atoms with E-state index in [1.807, 2.05) is 0 Å². The molecule has 8 heteroatoms. The Morgan fingerprint density at radius 3 is 2.14 bits per heavy atom. The second kappa shape index (κ2) is 7.40. The molecule has 1 aliphatic heterocycles. The second-order valence-electron chi connectivity index (χ2n) is 4.81. The molecule has 1 aliphatic rings. The van der Waals surface area contributed by atoms with Crippen LogP contribution in [0.1, 0.15) is 11.6 Å². The molecule has 2 N–H and O–H groups in total. The summed E-state index contributed by atoms with van der Waals surface area (Å²) in [6.45, 7) is 0.280. The fourth-order valence-corrected chi connectivity index (χ4v) is 2.48. The van der Waals surface area contributed by atoms with E-state index in [1.165, 1.54) is 4.90 Å². The van der Waals surface area contributed by atoms with E-state index in [2.05, 4.69) is 5.32 Å². The molecular formula is C13H17ClF4N2O. The van der Waals surface area contributed by atoms with Crippen LogP contribution in [0.4, 0.5) is 17.6 Å². The van der Waals surface area contributed by atoms with Crippen LogP contribution in [0.25, 0.3) is 0 Å². The largest absolute Gasteiger partial charge is 0.390 e. The van der Waals surface area contributed by atoms with Crippen LogP contribution in [-0.4, -0.2) is 48.7 Å². The second-order valence-corrected chi connectivity index (χ2v) is 4.81. The summed E-state index contributed by atoms with van der Waals surface area (Å²) >= 11 is 0. The van der Waals surface area contributed by atoms with Crippen LogP contribution >= 0.6 is 12.4 Å².